The van der Waals surface area contributed by atoms with Crippen LogP contribution in [0.15, 0.2) is 45.6 Å². The number of hydrogen-bond donors (Lipinski definition) is 1. The van der Waals surface area contributed by atoms with Crippen molar-refractivity contribution in [3.63, 3.8) is 0 Å². The Morgan fingerprint density at radius 1 is 1.24 bits per heavy atom. The molecule has 0 aliphatic carbocycles. The van der Waals surface area contributed by atoms with Gasteiger partial charge in [-0.2, -0.15) is 0 Å². The molecule has 0 saturated carbocycles. The predicted octanol–water partition coefficient (Wildman–Crippen LogP) is 2.87. The molecule has 2 rings (SSSR count). The summed E-state index contributed by atoms with van der Waals surface area (Å²) in [6.07, 6.45) is 3.84. The zero-order valence-electron chi connectivity index (χ0n) is 9.84. The van der Waals surface area contributed by atoms with Crippen LogP contribution in [0, 0.1) is 0 Å². The Bertz CT molecular complexity index is 408. The summed E-state index contributed by atoms with van der Waals surface area (Å²) in [5, 5.41) is 0. The molecule has 4 heteroatoms. The van der Waals surface area contributed by atoms with Gasteiger partial charge in [0.15, 0.2) is 0 Å². The predicted molar refractivity (Wildman–Crippen MR) is 63.2 cm³/mol. The van der Waals surface area contributed by atoms with E-state index in [1.54, 1.807) is 12.5 Å². The molecule has 0 aliphatic heterocycles. The van der Waals surface area contributed by atoms with Crippen molar-refractivity contribution < 1.29 is 13.6 Å². The van der Waals surface area contributed by atoms with E-state index < -0.39 is 0 Å². The molecule has 0 aliphatic rings. The fourth-order valence-corrected chi connectivity index (χ4v) is 1.65. The summed E-state index contributed by atoms with van der Waals surface area (Å²) in [6.45, 7) is 2.42. The lowest BCUT2D eigenvalue weighted by Gasteiger charge is -2.20. The number of nitrogens with two attached hydrogens (primary N) is 1. The first-order chi connectivity index (χ1) is 8.31. The van der Waals surface area contributed by atoms with E-state index in [9.17, 15) is 0 Å². The van der Waals surface area contributed by atoms with Crippen LogP contribution in [0.4, 0.5) is 0 Å². The Balaban J connectivity index is 2.01. The van der Waals surface area contributed by atoms with Crippen molar-refractivity contribution in [3.8, 4) is 0 Å². The normalized spacial score (nSPS) is 14.7. The van der Waals surface area contributed by atoms with E-state index in [1.807, 2.05) is 31.2 Å². The maximum Gasteiger partial charge on any atom is 0.134 e. The average Bonchev–Trinajstić information content (AvgIpc) is 3.01. The van der Waals surface area contributed by atoms with Crippen LogP contribution < -0.4 is 5.73 Å². The minimum atomic E-state index is -0.236. The summed E-state index contributed by atoms with van der Waals surface area (Å²) in [5.74, 6) is 1.54. The van der Waals surface area contributed by atoms with E-state index in [2.05, 4.69) is 0 Å². The van der Waals surface area contributed by atoms with Crippen LogP contribution >= 0.6 is 0 Å². The molecular weight excluding hydrogens is 218 g/mol. The van der Waals surface area contributed by atoms with Crippen molar-refractivity contribution in [1.82, 2.24) is 0 Å². The zero-order valence-corrected chi connectivity index (χ0v) is 9.84. The van der Waals surface area contributed by atoms with Gasteiger partial charge in [0.05, 0.1) is 12.5 Å². The van der Waals surface area contributed by atoms with Gasteiger partial charge < -0.3 is 19.3 Å². The fourth-order valence-electron chi connectivity index (χ4n) is 1.65. The molecule has 2 N–H and O–H groups in total. The smallest absolute Gasteiger partial charge is 0.134 e. The summed E-state index contributed by atoms with van der Waals surface area (Å²) >= 11 is 0. The van der Waals surface area contributed by atoms with Crippen LogP contribution in [0.2, 0.25) is 0 Å². The maximum absolute atomic E-state index is 6.03. The van der Waals surface area contributed by atoms with Crippen LogP contribution in [0.1, 0.15) is 31.0 Å². The first-order valence-electron chi connectivity index (χ1n) is 5.74. The average molecular weight is 235 g/mol. The largest absolute Gasteiger partial charge is 0.467 e. The first-order valence-corrected chi connectivity index (χ1v) is 5.74. The van der Waals surface area contributed by atoms with Crippen molar-refractivity contribution in [2.45, 2.75) is 32.1 Å². The van der Waals surface area contributed by atoms with Crippen LogP contribution in [0.25, 0.3) is 0 Å². The van der Waals surface area contributed by atoms with Gasteiger partial charge >= 0.3 is 0 Å². The van der Waals surface area contributed by atoms with Gasteiger partial charge in [-0.25, -0.2) is 0 Å². The summed E-state index contributed by atoms with van der Waals surface area (Å²) < 4.78 is 16.3. The number of rotatable bonds is 6. The molecule has 2 heterocycles. The van der Waals surface area contributed by atoms with Gasteiger partial charge in [-0.05, 0) is 30.7 Å². The molecule has 0 spiro atoms. The summed E-state index contributed by atoms with van der Waals surface area (Å²) in [6, 6.07) is 7.33. The van der Waals surface area contributed by atoms with Gasteiger partial charge in [-0.3, -0.25) is 0 Å². The second kappa shape index (κ2) is 5.70. The van der Waals surface area contributed by atoms with Gasteiger partial charge in [-0.1, -0.05) is 6.92 Å². The minimum Gasteiger partial charge on any atom is -0.467 e. The van der Waals surface area contributed by atoms with Crippen LogP contribution in [-0.4, -0.2) is 6.04 Å². The quantitative estimate of drug-likeness (QED) is 0.836. The maximum atomic E-state index is 6.03. The second-order valence-corrected chi connectivity index (χ2v) is 3.90. The standard InChI is InChI=1S/C13H17NO3/c1-2-11(14)13(12-6-4-8-16-12)17-9-10-5-3-7-15-10/h3-8,11,13H,2,9,14H2,1H3. The topological polar surface area (TPSA) is 61.5 Å². The van der Waals surface area contributed by atoms with E-state index in [4.69, 9.17) is 19.3 Å². The highest BCUT2D eigenvalue weighted by atomic mass is 16.5. The third-order valence-corrected chi connectivity index (χ3v) is 2.67. The number of hydrogen-bond acceptors (Lipinski definition) is 4. The first kappa shape index (κ1) is 12.0. The van der Waals surface area contributed by atoms with E-state index in [0.29, 0.717) is 6.61 Å². The molecule has 0 saturated heterocycles. The van der Waals surface area contributed by atoms with Crippen LogP contribution in [0.3, 0.4) is 0 Å². The Kier molecular flexibility index (Phi) is 4.01. The lowest BCUT2D eigenvalue weighted by atomic mass is 10.1. The minimum absolute atomic E-state index is 0.0869. The summed E-state index contributed by atoms with van der Waals surface area (Å²) in [5.41, 5.74) is 6.03. The van der Waals surface area contributed by atoms with Crippen molar-refractivity contribution in [2.75, 3.05) is 0 Å². The van der Waals surface area contributed by atoms with Gasteiger partial charge in [0, 0.05) is 6.04 Å². The fraction of sp³-hybridized carbons (Fsp3) is 0.385. The SMILES string of the molecule is CCC(N)C(OCc1ccco1)c1ccco1. The molecule has 2 aromatic rings. The van der Waals surface area contributed by atoms with E-state index >= 15 is 0 Å². The molecule has 92 valence electrons. The molecule has 0 fully saturated rings. The highest BCUT2D eigenvalue weighted by molar-refractivity contribution is 5.05. The second-order valence-electron chi connectivity index (χ2n) is 3.90. The van der Waals surface area contributed by atoms with Crippen molar-refractivity contribution in [1.29, 1.82) is 0 Å². The van der Waals surface area contributed by atoms with Gasteiger partial charge in [0.2, 0.25) is 0 Å². The highest BCUT2D eigenvalue weighted by Gasteiger charge is 2.22. The third kappa shape index (κ3) is 2.99. The van der Waals surface area contributed by atoms with E-state index in [1.165, 1.54) is 0 Å². The van der Waals surface area contributed by atoms with Crippen molar-refractivity contribution in [2.24, 2.45) is 5.73 Å². The molecule has 4 nitrogen and oxygen atoms in total. The molecule has 2 aromatic heterocycles. The van der Waals surface area contributed by atoms with Crippen molar-refractivity contribution >= 4 is 0 Å². The Hall–Kier alpha value is -1.52. The van der Waals surface area contributed by atoms with E-state index in [-0.39, 0.29) is 12.1 Å². The summed E-state index contributed by atoms with van der Waals surface area (Å²) in [4.78, 5) is 0. The summed E-state index contributed by atoms with van der Waals surface area (Å²) in [7, 11) is 0. The molecule has 0 aromatic carbocycles. The van der Waals surface area contributed by atoms with Gasteiger partial charge in [0.25, 0.3) is 0 Å². The molecule has 17 heavy (non-hydrogen) atoms. The monoisotopic (exact) mass is 235 g/mol. The highest BCUT2D eigenvalue weighted by Crippen LogP contribution is 2.24. The molecule has 0 bridgehead atoms. The molecule has 0 radical (unpaired) electrons. The molecular formula is C13H17NO3. The Labute approximate surface area is 100 Å². The van der Waals surface area contributed by atoms with Gasteiger partial charge in [0.1, 0.15) is 24.2 Å². The van der Waals surface area contributed by atoms with Crippen LogP contribution in [-0.2, 0) is 11.3 Å². The zero-order chi connectivity index (χ0) is 12.1. The Morgan fingerprint density at radius 3 is 2.59 bits per heavy atom. The lowest BCUT2D eigenvalue weighted by Crippen LogP contribution is -2.29. The van der Waals surface area contributed by atoms with Crippen LogP contribution in [0.5, 0.6) is 0 Å². The lowest BCUT2D eigenvalue weighted by molar-refractivity contribution is -0.000305. The number of furan rings is 2. The third-order valence-electron chi connectivity index (χ3n) is 2.67. The molecule has 0 amide bonds. The Morgan fingerprint density at radius 2 is 2.00 bits per heavy atom. The van der Waals surface area contributed by atoms with E-state index in [0.717, 1.165) is 17.9 Å². The molecule has 2 unspecified atom stereocenters. The number of ether oxygens (including phenoxy) is 1. The van der Waals surface area contributed by atoms with Crippen molar-refractivity contribution in [3.05, 3.63) is 48.3 Å². The molecule has 2 atom stereocenters. The van der Waals surface area contributed by atoms with Gasteiger partial charge in [-0.15, -0.1) is 0 Å².